The first-order chi connectivity index (χ1) is 10.2. The Bertz CT molecular complexity index is 739. The lowest BCUT2D eigenvalue weighted by Crippen LogP contribution is -2.21. The van der Waals surface area contributed by atoms with Gasteiger partial charge < -0.3 is 0 Å². The van der Waals surface area contributed by atoms with Crippen molar-refractivity contribution < 1.29 is 9.59 Å². The van der Waals surface area contributed by atoms with Gasteiger partial charge in [0.05, 0.1) is 0 Å². The van der Waals surface area contributed by atoms with E-state index in [9.17, 15) is 9.59 Å². The number of hydrogen-bond donors (Lipinski definition) is 0. The van der Waals surface area contributed by atoms with Crippen molar-refractivity contribution in [2.75, 3.05) is 0 Å². The first kappa shape index (κ1) is 13.5. The molecule has 0 unspecified atom stereocenters. The molecular weight excluding hydrogens is 260 g/mol. The Hall–Kier alpha value is -2.48. The van der Waals surface area contributed by atoms with Gasteiger partial charge in [-0.15, -0.1) is 0 Å². The first-order valence-electron chi connectivity index (χ1n) is 7.10. The molecule has 0 fully saturated rings. The number of allylic oxidation sites excluding steroid dienone is 2. The summed E-state index contributed by atoms with van der Waals surface area (Å²) in [6.07, 6.45) is 1.38. The van der Waals surface area contributed by atoms with Crippen LogP contribution in [0.25, 0.3) is 0 Å². The zero-order chi connectivity index (χ0) is 14.8. The fourth-order valence-electron chi connectivity index (χ4n) is 2.77. The van der Waals surface area contributed by atoms with E-state index in [0.29, 0.717) is 28.7 Å². The van der Waals surface area contributed by atoms with E-state index < -0.39 is 0 Å². The molecule has 0 atom stereocenters. The lowest BCUT2D eigenvalue weighted by atomic mass is 9.82. The molecule has 2 nitrogen and oxygen atoms in total. The molecule has 2 aromatic rings. The van der Waals surface area contributed by atoms with Crippen molar-refractivity contribution in [2.24, 2.45) is 0 Å². The molecule has 0 amide bonds. The molecule has 0 bridgehead atoms. The van der Waals surface area contributed by atoms with Gasteiger partial charge in [-0.1, -0.05) is 54.6 Å². The molecule has 2 heteroatoms. The largest absolute Gasteiger partial charge is 0.289 e. The van der Waals surface area contributed by atoms with Gasteiger partial charge in [0, 0.05) is 22.3 Å². The van der Waals surface area contributed by atoms with Gasteiger partial charge >= 0.3 is 0 Å². The quantitative estimate of drug-likeness (QED) is 0.848. The molecule has 104 valence electrons. The van der Waals surface area contributed by atoms with E-state index in [2.05, 4.69) is 0 Å². The average Bonchev–Trinajstić information content (AvgIpc) is 2.54. The summed E-state index contributed by atoms with van der Waals surface area (Å²) in [4.78, 5) is 25.0. The normalized spacial score (nSPS) is 14.3. The lowest BCUT2D eigenvalue weighted by molar-refractivity contribution is 0.0972. The van der Waals surface area contributed by atoms with Crippen LogP contribution in [0.2, 0.25) is 0 Å². The predicted octanol–water partition coefficient (Wildman–Crippen LogP) is 4.01. The van der Waals surface area contributed by atoms with Crippen LogP contribution in [-0.4, -0.2) is 11.6 Å². The van der Waals surface area contributed by atoms with Crippen LogP contribution in [0.3, 0.4) is 0 Å². The summed E-state index contributed by atoms with van der Waals surface area (Å²) in [7, 11) is 0. The second kappa shape index (κ2) is 5.49. The number of Topliss-reactive ketones (excluding diaryl/α,β-unsaturated/α-hetero) is 2. The number of carbonyl (C=O) groups is 2. The Morgan fingerprint density at radius 2 is 1.29 bits per heavy atom. The van der Waals surface area contributed by atoms with Crippen LogP contribution in [0, 0.1) is 0 Å². The van der Waals surface area contributed by atoms with Crippen LogP contribution in [0.5, 0.6) is 0 Å². The molecule has 0 radical (unpaired) electrons. The van der Waals surface area contributed by atoms with Crippen molar-refractivity contribution in [3.05, 3.63) is 82.4 Å². The molecule has 0 saturated heterocycles. The third kappa shape index (κ3) is 2.45. The van der Waals surface area contributed by atoms with Crippen molar-refractivity contribution in [3.63, 3.8) is 0 Å². The maximum Gasteiger partial charge on any atom is 0.190 e. The summed E-state index contributed by atoms with van der Waals surface area (Å²) in [6, 6.07) is 17.1. The van der Waals surface area contributed by atoms with Gasteiger partial charge in [0.25, 0.3) is 0 Å². The minimum Gasteiger partial charge on any atom is -0.289 e. The molecule has 1 aliphatic carbocycles. The number of carbonyl (C=O) groups excluding carboxylic acids is 2. The molecule has 0 heterocycles. The van der Waals surface area contributed by atoms with E-state index in [-0.39, 0.29) is 11.6 Å². The van der Waals surface area contributed by atoms with Gasteiger partial charge in [0.1, 0.15) is 0 Å². The number of fused-ring (bicyclic) bond motifs is 1. The van der Waals surface area contributed by atoms with Crippen molar-refractivity contribution in [3.8, 4) is 0 Å². The van der Waals surface area contributed by atoms with E-state index in [1.807, 2.05) is 30.3 Å². The van der Waals surface area contributed by atoms with Crippen molar-refractivity contribution >= 4 is 11.6 Å². The predicted molar refractivity (Wildman–Crippen MR) is 82.6 cm³/mol. The van der Waals surface area contributed by atoms with Gasteiger partial charge in [0.15, 0.2) is 11.6 Å². The highest BCUT2D eigenvalue weighted by atomic mass is 16.1. The zero-order valence-corrected chi connectivity index (χ0v) is 11.9. The number of hydrogen-bond acceptors (Lipinski definition) is 2. The second-order valence-electron chi connectivity index (χ2n) is 5.29. The fourth-order valence-corrected chi connectivity index (χ4v) is 2.77. The van der Waals surface area contributed by atoms with Gasteiger partial charge in [-0.25, -0.2) is 0 Å². The summed E-state index contributed by atoms with van der Waals surface area (Å²) in [5.41, 5.74) is 3.49. The minimum absolute atomic E-state index is 0.00127. The maximum atomic E-state index is 12.6. The molecular formula is C19H16O2. The topological polar surface area (TPSA) is 34.1 Å². The molecule has 0 spiro atoms. The highest BCUT2D eigenvalue weighted by Gasteiger charge is 2.28. The molecule has 0 saturated carbocycles. The SMILES string of the molecule is CC1=C(CCc2ccccc2)C(=O)c2ccccc2C1=O. The summed E-state index contributed by atoms with van der Waals surface area (Å²) in [5, 5.41) is 0. The average molecular weight is 276 g/mol. The summed E-state index contributed by atoms with van der Waals surface area (Å²) < 4.78 is 0. The van der Waals surface area contributed by atoms with E-state index in [1.54, 1.807) is 31.2 Å². The number of aryl methyl sites for hydroxylation is 1. The Morgan fingerprint density at radius 1 is 0.714 bits per heavy atom. The van der Waals surface area contributed by atoms with Crippen LogP contribution in [0.1, 0.15) is 39.6 Å². The third-order valence-electron chi connectivity index (χ3n) is 3.99. The van der Waals surface area contributed by atoms with E-state index in [1.165, 1.54) is 5.56 Å². The molecule has 0 N–H and O–H groups in total. The fraction of sp³-hybridized carbons (Fsp3) is 0.158. The van der Waals surface area contributed by atoms with Crippen LogP contribution in [0.15, 0.2) is 65.7 Å². The van der Waals surface area contributed by atoms with Crippen molar-refractivity contribution in [1.29, 1.82) is 0 Å². The molecule has 1 aliphatic rings. The highest BCUT2D eigenvalue weighted by molar-refractivity contribution is 6.26. The Labute approximate surface area is 124 Å². The van der Waals surface area contributed by atoms with Gasteiger partial charge in [-0.2, -0.15) is 0 Å². The summed E-state index contributed by atoms with van der Waals surface area (Å²) >= 11 is 0. The molecule has 21 heavy (non-hydrogen) atoms. The van der Waals surface area contributed by atoms with Crippen molar-refractivity contribution in [1.82, 2.24) is 0 Å². The van der Waals surface area contributed by atoms with E-state index >= 15 is 0 Å². The first-order valence-corrected chi connectivity index (χ1v) is 7.10. The number of ketones is 2. The molecule has 0 aliphatic heterocycles. The maximum absolute atomic E-state index is 12.6. The zero-order valence-electron chi connectivity index (χ0n) is 11.9. The van der Waals surface area contributed by atoms with Crippen LogP contribution < -0.4 is 0 Å². The lowest BCUT2D eigenvalue weighted by Gasteiger charge is -2.19. The van der Waals surface area contributed by atoms with E-state index in [0.717, 1.165) is 6.42 Å². The van der Waals surface area contributed by atoms with Crippen molar-refractivity contribution in [2.45, 2.75) is 19.8 Å². The summed E-state index contributed by atoms with van der Waals surface area (Å²) in [6.45, 7) is 1.76. The van der Waals surface area contributed by atoms with Crippen LogP contribution >= 0.6 is 0 Å². The van der Waals surface area contributed by atoms with Gasteiger partial charge in [-0.05, 0) is 25.3 Å². The second-order valence-corrected chi connectivity index (χ2v) is 5.29. The third-order valence-corrected chi connectivity index (χ3v) is 3.99. The van der Waals surface area contributed by atoms with Gasteiger partial charge in [-0.3, -0.25) is 9.59 Å². The molecule has 0 aromatic heterocycles. The standard InChI is InChI=1S/C19H16O2/c1-13-15(12-11-14-7-3-2-4-8-14)19(21)17-10-6-5-9-16(17)18(13)20/h2-10H,11-12H2,1H3. The molecule has 3 rings (SSSR count). The van der Waals surface area contributed by atoms with Crippen LogP contribution in [0.4, 0.5) is 0 Å². The number of benzene rings is 2. The summed E-state index contributed by atoms with van der Waals surface area (Å²) in [5.74, 6) is -0.0214. The van der Waals surface area contributed by atoms with Crippen LogP contribution in [-0.2, 0) is 6.42 Å². The highest BCUT2D eigenvalue weighted by Crippen LogP contribution is 2.28. The van der Waals surface area contributed by atoms with E-state index in [4.69, 9.17) is 0 Å². The smallest absolute Gasteiger partial charge is 0.190 e. The number of rotatable bonds is 3. The Morgan fingerprint density at radius 3 is 1.95 bits per heavy atom. The Balaban J connectivity index is 1.90. The Kier molecular flexibility index (Phi) is 3.53. The molecule has 2 aromatic carbocycles. The minimum atomic E-state index is -0.0201. The van der Waals surface area contributed by atoms with Gasteiger partial charge in [0.2, 0.25) is 0 Å². The monoisotopic (exact) mass is 276 g/mol.